The highest BCUT2D eigenvalue weighted by molar-refractivity contribution is 5.57. The summed E-state index contributed by atoms with van der Waals surface area (Å²) < 4.78 is 14.2. The SMILES string of the molecule is Cc1c(C#N)c(O)n(C(C)c2ccccc2)c(=O)c1N=Nc1ccc(F)cc1. The number of hydrogen-bond acceptors (Lipinski definition) is 5. The Labute approximate surface area is 160 Å². The number of halogens is 1. The molecule has 3 rings (SSSR count). The van der Waals surface area contributed by atoms with Gasteiger partial charge < -0.3 is 5.11 Å². The molecule has 0 saturated heterocycles. The molecule has 1 atom stereocenters. The number of benzene rings is 2. The Bertz CT molecular complexity index is 1130. The second-order valence-corrected chi connectivity index (χ2v) is 6.22. The molecule has 0 aliphatic rings. The Balaban J connectivity index is 2.17. The summed E-state index contributed by atoms with van der Waals surface area (Å²) in [6.07, 6.45) is 0. The number of nitrogens with zero attached hydrogens (tertiary/aromatic N) is 4. The Morgan fingerprint density at radius 3 is 2.36 bits per heavy atom. The van der Waals surface area contributed by atoms with Crippen LogP contribution in [0.4, 0.5) is 15.8 Å². The maximum Gasteiger partial charge on any atom is 0.282 e. The molecule has 6 nitrogen and oxygen atoms in total. The topological polar surface area (TPSA) is 90.7 Å². The smallest absolute Gasteiger partial charge is 0.282 e. The van der Waals surface area contributed by atoms with Gasteiger partial charge in [-0.15, -0.1) is 5.11 Å². The predicted molar refractivity (Wildman–Crippen MR) is 103 cm³/mol. The first-order valence-electron chi connectivity index (χ1n) is 8.54. The summed E-state index contributed by atoms with van der Waals surface area (Å²) in [5, 5.41) is 28.0. The molecule has 0 saturated carbocycles. The second kappa shape index (κ2) is 7.84. The van der Waals surface area contributed by atoms with Gasteiger partial charge in [-0.2, -0.15) is 10.4 Å². The zero-order chi connectivity index (χ0) is 20.3. The molecule has 1 heterocycles. The van der Waals surface area contributed by atoms with Gasteiger partial charge in [0.15, 0.2) is 5.69 Å². The van der Waals surface area contributed by atoms with Crippen molar-refractivity contribution < 1.29 is 9.50 Å². The van der Waals surface area contributed by atoms with Crippen LogP contribution in [0.25, 0.3) is 0 Å². The molecule has 0 aliphatic heterocycles. The van der Waals surface area contributed by atoms with Gasteiger partial charge in [0.2, 0.25) is 5.88 Å². The number of nitriles is 1. The number of aromatic hydroxyl groups is 1. The van der Waals surface area contributed by atoms with Crippen LogP contribution in [-0.4, -0.2) is 9.67 Å². The van der Waals surface area contributed by atoms with Gasteiger partial charge in [-0.05, 0) is 43.7 Å². The lowest BCUT2D eigenvalue weighted by molar-refractivity contribution is 0.393. The van der Waals surface area contributed by atoms with Crippen molar-refractivity contribution in [2.24, 2.45) is 10.2 Å². The van der Waals surface area contributed by atoms with Gasteiger partial charge in [-0.25, -0.2) is 4.39 Å². The van der Waals surface area contributed by atoms with Crippen LogP contribution in [0.15, 0.2) is 69.6 Å². The quantitative estimate of drug-likeness (QED) is 0.657. The van der Waals surface area contributed by atoms with Crippen molar-refractivity contribution in [1.82, 2.24) is 4.57 Å². The molecule has 0 amide bonds. The fourth-order valence-electron chi connectivity index (χ4n) is 2.88. The van der Waals surface area contributed by atoms with Crippen molar-refractivity contribution >= 4 is 11.4 Å². The van der Waals surface area contributed by atoms with Crippen molar-refractivity contribution in [3.05, 3.63) is 87.5 Å². The van der Waals surface area contributed by atoms with E-state index in [9.17, 15) is 19.6 Å². The molecule has 3 aromatic rings. The van der Waals surface area contributed by atoms with Crippen molar-refractivity contribution in [2.75, 3.05) is 0 Å². The first-order chi connectivity index (χ1) is 13.4. The summed E-state index contributed by atoms with van der Waals surface area (Å²) in [6, 6.07) is 15.8. The molecule has 2 aromatic carbocycles. The van der Waals surface area contributed by atoms with E-state index in [4.69, 9.17) is 0 Å². The van der Waals surface area contributed by atoms with E-state index in [1.807, 2.05) is 36.4 Å². The Morgan fingerprint density at radius 2 is 1.75 bits per heavy atom. The first-order valence-corrected chi connectivity index (χ1v) is 8.54. The van der Waals surface area contributed by atoms with Gasteiger partial charge in [0.25, 0.3) is 5.56 Å². The van der Waals surface area contributed by atoms with Gasteiger partial charge in [0.1, 0.15) is 17.4 Å². The largest absolute Gasteiger partial charge is 0.493 e. The van der Waals surface area contributed by atoms with Crippen LogP contribution in [0.3, 0.4) is 0 Å². The lowest BCUT2D eigenvalue weighted by Gasteiger charge is -2.19. The van der Waals surface area contributed by atoms with Crippen molar-refractivity contribution in [3.63, 3.8) is 0 Å². The molecular weight excluding hydrogens is 359 g/mol. The highest BCUT2D eigenvalue weighted by Crippen LogP contribution is 2.30. The monoisotopic (exact) mass is 376 g/mol. The maximum absolute atomic E-state index is 13.0. The fourth-order valence-corrected chi connectivity index (χ4v) is 2.88. The van der Waals surface area contributed by atoms with Crippen molar-refractivity contribution in [1.29, 1.82) is 5.26 Å². The van der Waals surface area contributed by atoms with E-state index in [1.165, 1.54) is 31.2 Å². The molecule has 0 fully saturated rings. The molecule has 1 unspecified atom stereocenters. The van der Waals surface area contributed by atoms with E-state index in [1.54, 1.807) is 6.92 Å². The van der Waals surface area contributed by atoms with Gasteiger partial charge >= 0.3 is 0 Å². The number of rotatable bonds is 4. The molecule has 0 radical (unpaired) electrons. The summed E-state index contributed by atoms with van der Waals surface area (Å²) in [4.78, 5) is 13.0. The number of hydrogen-bond donors (Lipinski definition) is 1. The van der Waals surface area contributed by atoms with Crippen LogP contribution in [0.1, 0.15) is 29.7 Å². The summed E-state index contributed by atoms with van der Waals surface area (Å²) in [5.74, 6) is -0.826. The molecule has 140 valence electrons. The van der Waals surface area contributed by atoms with Gasteiger partial charge in [0, 0.05) is 5.56 Å². The van der Waals surface area contributed by atoms with Crippen LogP contribution in [0, 0.1) is 24.1 Å². The van der Waals surface area contributed by atoms with Crippen LogP contribution in [0.5, 0.6) is 5.88 Å². The minimum Gasteiger partial charge on any atom is -0.493 e. The van der Waals surface area contributed by atoms with Gasteiger partial charge in [-0.3, -0.25) is 9.36 Å². The van der Waals surface area contributed by atoms with Crippen LogP contribution in [0.2, 0.25) is 0 Å². The summed E-state index contributed by atoms with van der Waals surface area (Å²) in [5.41, 5.74) is 0.698. The molecule has 1 N–H and O–H groups in total. The second-order valence-electron chi connectivity index (χ2n) is 6.22. The number of aromatic nitrogens is 1. The number of pyridine rings is 1. The minimum absolute atomic E-state index is 0.0459. The van der Waals surface area contributed by atoms with E-state index >= 15 is 0 Å². The summed E-state index contributed by atoms with van der Waals surface area (Å²) in [7, 11) is 0. The Hall–Kier alpha value is -3.79. The first kappa shape index (κ1) is 19.0. The molecule has 0 bridgehead atoms. The van der Waals surface area contributed by atoms with Crippen LogP contribution in [-0.2, 0) is 0 Å². The summed E-state index contributed by atoms with van der Waals surface area (Å²) >= 11 is 0. The highest BCUT2D eigenvalue weighted by atomic mass is 19.1. The van der Waals surface area contributed by atoms with E-state index in [2.05, 4.69) is 10.2 Å². The van der Waals surface area contributed by atoms with Crippen LogP contribution < -0.4 is 5.56 Å². The van der Waals surface area contributed by atoms with E-state index < -0.39 is 23.3 Å². The molecule has 0 aliphatic carbocycles. The maximum atomic E-state index is 13.0. The minimum atomic E-state index is -0.573. The zero-order valence-corrected chi connectivity index (χ0v) is 15.3. The highest BCUT2D eigenvalue weighted by Gasteiger charge is 2.23. The molecule has 28 heavy (non-hydrogen) atoms. The molecule has 1 aromatic heterocycles. The van der Waals surface area contributed by atoms with E-state index in [-0.39, 0.29) is 16.8 Å². The molecule has 7 heteroatoms. The predicted octanol–water partition coefficient (Wildman–Crippen LogP) is 4.90. The lowest BCUT2D eigenvalue weighted by Crippen LogP contribution is -2.25. The fraction of sp³-hybridized carbons (Fsp3) is 0.143. The normalized spacial score (nSPS) is 12.1. The molecule has 0 spiro atoms. The van der Waals surface area contributed by atoms with Gasteiger partial charge in [0.05, 0.1) is 11.7 Å². The molecular formula is C21H17FN4O2. The van der Waals surface area contributed by atoms with E-state index in [0.29, 0.717) is 5.69 Å². The zero-order valence-electron chi connectivity index (χ0n) is 15.3. The lowest BCUT2D eigenvalue weighted by atomic mass is 10.1. The summed E-state index contributed by atoms with van der Waals surface area (Å²) in [6.45, 7) is 3.27. The Kier molecular flexibility index (Phi) is 5.32. The third kappa shape index (κ3) is 3.53. The third-order valence-corrected chi connectivity index (χ3v) is 4.48. The van der Waals surface area contributed by atoms with Gasteiger partial charge in [-0.1, -0.05) is 30.3 Å². The van der Waals surface area contributed by atoms with Crippen LogP contribution >= 0.6 is 0 Å². The number of azo groups is 1. The average Bonchev–Trinajstić information content (AvgIpc) is 2.70. The standard InChI is InChI=1S/C21H17FN4O2/c1-13-18(12-23)20(27)26(14(2)15-6-4-3-5-7-15)21(28)19(13)25-24-17-10-8-16(22)9-11-17/h3-11,14,27H,1-2H3. The third-order valence-electron chi connectivity index (χ3n) is 4.48. The van der Waals surface area contributed by atoms with Crippen molar-refractivity contribution in [3.8, 4) is 11.9 Å². The van der Waals surface area contributed by atoms with E-state index in [0.717, 1.165) is 10.1 Å². The Morgan fingerprint density at radius 1 is 1.11 bits per heavy atom. The van der Waals surface area contributed by atoms with Crippen molar-refractivity contribution in [2.45, 2.75) is 19.9 Å². The average molecular weight is 376 g/mol.